The molecule has 1 unspecified atom stereocenters. The first kappa shape index (κ1) is 26.1. The van der Waals surface area contributed by atoms with Crippen molar-refractivity contribution in [3.63, 3.8) is 0 Å². The van der Waals surface area contributed by atoms with Gasteiger partial charge in [-0.25, -0.2) is 0 Å². The fourth-order valence-electron chi connectivity index (χ4n) is 4.19. The summed E-state index contributed by atoms with van der Waals surface area (Å²) in [6, 6.07) is 9.65. The van der Waals surface area contributed by atoms with Crippen LogP contribution in [0.25, 0.3) is 5.76 Å². The molecule has 188 valence electrons. The molecule has 8 nitrogen and oxygen atoms in total. The lowest BCUT2D eigenvalue weighted by atomic mass is 9.94. The quantitative estimate of drug-likeness (QED) is 0.234. The van der Waals surface area contributed by atoms with Gasteiger partial charge in [0.15, 0.2) is 11.5 Å². The summed E-state index contributed by atoms with van der Waals surface area (Å²) in [5.41, 5.74) is 1.82. The molecule has 1 saturated heterocycles. The van der Waals surface area contributed by atoms with Gasteiger partial charge in [0.05, 0.1) is 44.6 Å². The summed E-state index contributed by atoms with van der Waals surface area (Å²) in [7, 11) is 4.53. The van der Waals surface area contributed by atoms with E-state index < -0.39 is 17.7 Å². The van der Waals surface area contributed by atoms with Crippen molar-refractivity contribution in [2.24, 2.45) is 0 Å². The predicted octanol–water partition coefficient (Wildman–Crippen LogP) is 4.26. The molecule has 35 heavy (non-hydrogen) atoms. The summed E-state index contributed by atoms with van der Waals surface area (Å²) in [5, 5.41) is 11.4. The van der Waals surface area contributed by atoms with E-state index in [4.69, 9.17) is 18.9 Å². The smallest absolute Gasteiger partial charge is 0.295 e. The number of nitrogens with zero attached hydrogens (tertiary/aromatic N) is 1. The van der Waals surface area contributed by atoms with E-state index in [1.54, 1.807) is 30.3 Å². The first-order chi connectivity index (χ1) is 16.7. The van der Waals surface area contributed by atoms with Crippen LogP contribution in [0.3, 0.4) is 0 Å². The van der Waals surface area contributed by atoms with Gasteiger partial charge >= 0.3 is 0 Å². The summed E-state index contributed by atoms with van der Waals surface area (Å²) >= 11 is 0. The van der Waals surface area contributed by atoms with Crippen LogP contribution in [-0.4, -0.2) is 62.3 Å². The average Bonchev–Trinajstić information content (AvgIpc) is 3.10. The fraction of sp³-hybridized carbons (Fsp3) is 0.407. The summed E-state index contributed by atoms with van der Waals surface area (Å²) < 4.78 is 21.8. The van der Waals surface area contributed by atoms with Crippen LogP contribution in [0.2, 0.25) is 0 Å². The average molecular weight is 484 g/mol. The van der Waals surface area contributed by atoms with Gasteiger partial charge in [0.25, 0.3) is 11.7 Å². The monoisotopic (exact) mass is 483 g/mol. The second-order valence-corrected chi connectivity index (χ2v) is 8.58. The Hall–Kier alpha value is -3.52. The maximum absolute atomic E-state index is 13.3. The van der Waals surface area contributed by atoms with Crippen LogP contribution in [0.4, 0.5) is 0 Å². The van der Waals surface area contributed by atoms with Gasteiger partial charge in [-0.2, -0.15) is 0 Å². The van der Waals surface area contributed by atoms with E-state index in [1.165, 1.54) is 26.2 Å². The fourth-order valence-corrected chi connectivity index (χ4v) is 4.19. The first-order valence-corrected chi connectivity index (χ1v) is 11.5. The molecule has 1 aliphatic heterocycles. The topological polar surface area (TPSA) is 94.5 Å². The van der Waals surface area contributed by atoms with Crippen molar-refractivity contribution < 1.29 is 33.6 Å². The minimum atomic E-state index is -0.820. The summed E-state index contributed by atoms with van der Waals surface area (Å²) in [4.78, 5) is 27.9. The molecule has 0 spiro atoms. The molecule has 0 bridgehead atoms. The lowest BCUT2D eigenvalue weighted by Gasteiger charge is -2.26. The highest BCUT2D eigenvalue weighted by Gasteiger charge is 2.46. The predicted molar refractivity (Wildman–Crippen MR) is 132 cm³/mol. The van der Waals surface area contributed by atoms with Crippen LogP contribution >= 0.6 is 0 Å². The summed E-state index contributed by atoms with van der Waals surface area (Å²) in [5.74, 6) is -0.357. The molecule has 0 radical (unpaired) electrons. The molecule has 2 aromatic carbocycles. The molecular formula is C27H33NO7. The van der Waals surface area contributed by atoms with E-state index >= 15 is 0 Å². The molecule has 1 heterocycles. The van der Waals surface area contributed by atoms with Crippen LogP contribution in [-0.2, 0) is 14.3 Å². The minimum absolute atomic E-state index is 0.00380. The van der Waals surface area contributed by atoms with Gasteiger partial charge in [0.1, 0.15) is 11.5 Å². The Labute approximate surface area is 206 Å². The third-order valence-corrected chi connectivity index (χ3v) is 5.87. The van der Waals surface area contributed by atoms with E-state index in [1.807, 2.05) is 26.8 Å². The highest BCUT2D eigenvalue weighted by atomic mass is 16.5. The van der Waals surface area contributed by atoms with Gasteiger partial charge in [-0.15, -0.1) is 0 Å². The zero-order valence-electron chi connectivity index (χ0n) is 21.1. The second kappa shape index (κ2) is 11.3. The number of carbonyl (C=O) groups is 2. The molecule has 0 saturated carbocycles. The number of carbonyl (C=O) groups excluding carboxylic acids is 2. The molecular weight excluding hydrogens is 450 g/mol. The number of hydrogen-bond donors (Lipinski definition) is 1. The number of amides is 1. The summed E-state index contributed by atoms with van der Waals surface area (Å²) in [6.07, 6.45) is 0.587. The van der Waals surface area contributed by atoms with E-state index in [0.29, 0.717) is 41.4 Å². The normalized spacial score (nSPS) is 17.2. The Balaban J connectivity index is 2.16. The van der Waals surface area contributed by atoms with Crippen molar-refractivity contribution in [1.82, 2.24) is 4.90 Å². The number of aliphatic hydroxyl groups is 1. The third-order valence-electron chi connectivity index (χ3n) is 5.87. The van der Waals surface area contributed by atoms with Crippen molar-refractivity contribution in [3.05, 3.63) is 58.7 Å². The molecule has 8 heteroatoms. The largest absolute Gasteiger partial charge is 0.507 e. The van der Waals surface area contributed by atoms with Gasteiger partial charge in [-0.05, 0) is 57.0 Å². The number of aliphatic hydroxyl groups excluding tert-OH is 1. The maximum Gasteiger partial charge on any atom is 0.295 e. The molecule has 0 aromatic heterocycles. The van der Waals surface area contributed by atoms with Gasteiger partial charge < -0.3 is 29.0 Å². The molecule has 1 aliphatic rings. The molecule has 3 rings (SSSR count). The zero-order chi connectivity index (χ0) is 25.7. The van der Waals surface area contributed by atoms with Crippen LogP contribution in [0.5, 0.6) is 17.2 Å². The molecule has 2 aromatic rings. The summed E-state index contributed by atoms with van der Waals surface area (Å²) in [6.45, 7) is 6.45. The van der Waals surface area contributed by atoms with Gasteiger partial charge in [0.2, 0.25) is 0 Å². The second-order valence-electron chi connectivity index (χ2n) is 8.58. The standard InChI is InChI=1S/C27H33NO7/c1-16(2)35-13-7-12-28-24(18-9-11-21(33-5)22(15-18)34-6)23(26(30)27(28)31)25(29)19-14-17(3)8-10-20(19)32-4/h8-11,14-16,24,29H,7,12-13H2,1-6H3/b25-23+. The maximum atomic E-state index is 13.3. The minimum Gasteiger partial charge on any atom is -0.507 e. The lowest BCUT2D eigenvalue weighted by Crippen LogP contribution is -2.31. The number of ketones is 1. The van der Waals surface area contributed by atoms with Crippen LogP contribution in [0.1, 0.15) is 43.0 Å². The zero-order valence-corrected chi connectivity index (χ0v) is 21.1. The van der Waals surface area contributed by atoms with E-state index in [-0.39, 0.29) is 24.0 Å². The molecule has 1 atom stereocenters. The van der Waals surface area contributed by atoms with Crippen molar-refractivity contribution in [2.75, 3.05) is 34.5 Å². The van der Waals surface area contributed by atoms with Crippen molar-refractivity contribution in [3.8, 4) is 17.2 Å². The van der Waals surface area contributed by atoms with Crippen molar-refractivity contribution in [2.45, 2.75) is 39.3 Å². The van der Waals surface area contributed by atoms with Crippen molar-refractivity contribution in [1.29, 1.82) is 0 Å². The van der Waals surface area contributed by atoms with Crippen molar-refractivity contribution >= 4 is 17.4 Å². The van der Waals surface area contributed by atoms with E-state index in [0.717, 1.165) is 5.56 Å². The van der Waals surface area contributed by atoms with Crippen LogP contribution in [0, 0.1) is 6.92 Å². The van der Waals surface area contributed by atoms with E-state index in [9.17, 15) is 14.7 Å². The number of likely N-dealkylation sites (tertiary alicyclic amines) is 1. The molecule has 1 fully saturated rings. The number of aryl methyl sites for hydroxylation is 1. The van der Waals surface area contributed by atoms with Gasteiger partial charge in [0, 0.05) is 13.2 Å². The SMILES string of the molecule is COc1ccc(C2/C(=C(\O)c3cc(C)ccc3OC)C(=O)C(=O)N2CCCOC(C)C)cc1OC. The number of ether oxygens (including phenoxy) is 4. The number of methoxy groups -OCH3 is 3. The third kappa shape index (κ3) is 5.43. The van der Waals surface area contributed by atoms with Gasteiger partial charge in [-0.1, -0.05) is 17.7 Å². The Morgan fingerprint density at radius 1 is 0.971 bits per heavy atom. The van der Waals surface area contributed by atoms with Crippen LogP contribution < -0.4 is 14.2 Å². The highest BCUT2D eigenvalue weighted by molar-refractivity contribution is 6.46. The lowest BCUT2D eigenvalue weighted by molar-refractivity contribution is -0.140. The molecule has 1 amide bonds. The Morgan fingerprint density at radius 2 is 1.63 bits per heavy atom. The van der Waals surface area contributed by atoms with Crippen LogP contribution in [0.15, 0.2) is 42.0 Å². The number of Topliss-reactive ketones (excluding diaryl/α,β-unsaturated/α-hetero) is 1. The number of benzene rings is 2. The van der Waals surface area contributed by atoms with E-state index in [2.05, 4.69) is 0 Å². The Bertz CT molecular complexity index is 1120. The number of hydrogen-bond acceptors (Lipinski definition) is 7. The highest BCUT2D eigenvalue weighted by Crippen LogP contribution is 2.43. The first-order valence-electron chi connectivity index (χ1n) is 11.5. The van der Waals surface area contributed by atoms with Gasteiger partial charge in [-0.3, -0.25) is 9.59 Å². The Morgan fingerprint density at radius 3 is 2.26 bits per heavy atom. The molecule has 0 aliphatic carbocycles. The number of rotatable bonds is 10. The Kier molecular flexibility index (Phi) is 8.40. The molecule has 1 N–H and O–H groups in total.